The van der Waals surface area contributed by atoms with Crippen molar-refractivity contribution in [3.8, 4) is 11.5 Å². The molecule has 2 aliphatic heterocycles. The molecule has 1 fully saturated rings. The molecule has 6 rings (SSSR count). The van der Waals surface area contributed by atoms with E-state index in [0.717, 1.165) is 72.2 Å². The highest BCUT2D eigenvalue weighted by molar-refractivity contribution is 6.01. The normalized spacial score (nSPS) is 20.8. The Morgan fingerprint density at radius 2 is 1.67 bits per heavy atom. The molecule has 0 radical (unpaired) electrons. The number of methoxy groups -OCH3 is 1. The molecular weight excluding hydrogens is 490 g/mol. The molecule has 0 spiro atoms. The lowest BCUT2D eigenvalue weighted by atomic mass is 9.78. The molecule has 1 saturated heterocycles. The fraction of sp³-hybridized carbons (Fsp3) is 0.344. The van der Waals surface area contributed by atoms with Crippen molar-refractivity contribution in [2.75, 3.05) is 55.6 Å². The lowest BCUT2D eigenvalue weighted by Crippen LogP contribution is -2.36. The maximum Gasteiger partial charge on any atom is 0.163 e. The van der Waals surface area contributed by atoms with Gasteiger partial charge in [-0.2, -0.15) is 0 Å². The summed E-state index contributed by atoms with van der Waals surface area (Å²) in [6, 6.07) is 22.6. The van der Waals surface area contributed by atoms with Gasteiger partial charge in [0.1, 0.15) is 0 Å². The van der Waals surface area contributed by atoms with E-state index in [1.165, 1.54) is 5.69 Å². The van der Waals surface area contributed by atoms with Crippen LogP contribution in [0.15, 0.2) is 78.0 Å². The summed E-state index contributed by atoms with van der Waals surface area (Å²) in [5.74, 6) is 1.62. The first kappa shape index (κ1) is 25.3. The number of carbonyl (C=O) groups is 1. The minimum absolute atomic E-state index is 0.0444. The molecule has 202 valence electrons. The topological polar surface area (TPSA) is 72.1 Å². The van der Waals surface area contributed by atoms with Crippen molar-refractivity contribution in [1.82, 2.24) is 0 Å². The molecule has 2 N–H and O–H groups in total. The molecule has 0 amide bonds. The maximum absolute atomic E-state index is 13.9. The van der Waals surface area contributed by atoms with Crippen molar-refractivity contribution in [2.45, 2.75) is 31.7 Å². The van der Waals surface area contributed by atoms with Gasteiger partial charge in [-0.3, -0.25) is 4.79 Å². The first-order valence-electron chi connectivity index (χ1n) is 13.8. The minimum atomic E-state index is -0.238. The van der Waals surface area contributed by atoms with Gasteiger partial charge in [0.05, 0.1) is 44.3 Å². The predicted molar refractivity (Wildman–Crippen MR) is 154 cm³/mol. The number of allylic oxidation sites excluding steroid dienone is 1. The van der Waals surface area contributed by atoms with Crippen molar-refractivity contribution in [3.05, 3.63) is 89.1 Å². The fourth-order valence-corrected chi connectivity index (χ4v) is 5.89. The van der Waals surface area contributed by atoms with Crippen LogP contribution < -0.4 is 25.0 Å². The molecule has 7 heteroatoms. The Labute approximate surface area is 229 Å². The molecule has 39 heavy (non-hydrogen) atoms. The van der Waals surface area contributed by atoms with E-state index in [1.807, 2.05) is 31.2 Å². The van der Waals surface area contributed by atoms with Crippen LogP contribution in [0.3, 0.4) is 0 Å². The molecule has 0 saturated carbocycles. The zero-order valence-electron chi connectivity index (χ0n) is 22.5. The van der Waals surface area contributed by atoms with Gasteiger partial charge in [-0.05, 0) is 66.8 Å². The summed E-state index contributed by atoms with van der Waals surface area (Å²) >= 11 is 0. The third-order valence-corrected chi connectivity index (χ3v) is 7.87. The second-order valence-corrected chi connectivity index (χ2v) is 10.2. The number of rotatable bonds is 6. The van der Waals surface area contributed by atoms with Gasteiger partial charge in [-0.15, -0.1) is 0 Å². The van der Waals surface area contributed by atoms with Gasteiger partial charge in [0, 0.05) is 36.5 Å². The van der Waals surface area contributed by atoms with Crippen molar-refractivity contribution >= 4 is 22.8 Å². The minimum Gasteiger partial charge on any atom is -0.493 e. The summed E-state index contributed by atoms with van der Waals surface area (Å²) in [7, 11) is 1.65. The Morgan fingerprint density at radius 3 is 2.41 bits per heavy atom. The van der Waals surface area contributed by atoms with Crippen LogP contribution >= 0.6 is 0 Å². The third-order valence-electron chi connectivity index (χ3n) is 7.87. The molecule has 2 unspecified atom stereocenters. The number of nitrogens with one attached hydrogen (secondary N) is 2. The van der Waals surface area contributed by atoms with Crippen LogP contribution in [0, 0.1) is 0 Å². The van der Waals surface area contributed by atoms with E-state index in [0.29, 0.717) is 18.8 Å². The second-order valence-electron chi connectivity index (χ2n) is 10.2. The van der Waals surface area contributed by atoms with E-state index >= 15 is 0 Å². The molecule has 1 aliphatic carbocycles. The van der Waals surface area contributed by atoms with Crippen molar-refractivity contribution < 1.29 is 19.0 Å². The molecule has 2 atom stereocenters. The standard InChI is InChI=1S/C32H35N3O4/c1-3-39-29-13-10-22(20-30(29)37-2)23-18-27-31(28(36)19-23)32(34-26-7-5-4-6-25(26)33-27)21-8-11-24(12-9-21)35-14-16-38-17-15-35/h4-13,20,23,32-34H,3,14-19H2,1-2H3. The molecule has 0 aromatic heterocycles. The molecule has 7 nitrogen and oxygen atoms in total. The Bertz CT molecular complexity index is 1380. The van der Waals surface area contributed by atoms with Crippen LogP contribution in [-0.2, 0) is 9.53 Å². The second kappa shape index (κ2) is 11.0. The van der Waals surface area contributed by atoms with E-state index in [2.05, 4.69) is 58.0 Å². The average molecular weight is 526 g/mol. The first-order valence-corrected chi connectivity index (χ1v) is 13.8. The van der Waals surface area contributed by atoms with Gasteiger partial charge in [-0.25, -0.2) is 0 Å². The fourth-order valence-electron chi connectivity index (χ4n) is 5.89. The van der Waals surface area contributed by atoms with Gasteiger partial charge in [-0.1, -0.05) is 30.3 Å². The lowest BCUT2D eigenvalue weighted by Gasteiger charge is -2.31. The van der Waals surface area contributed by atoms with Gasteiger partial charge in [0.2, 0.25) is 0 Å². The van der Waals surface area contributed by atoms with Gasteiger partial charge in [0.25, 0.3) is 0 Å². The highest BCUT2D eigenvalue weighted by atomic mass is 16.5. The summed E-state index contributed by atoms with van der Waals surface area (Å²) in [6.07, 6.45) is 1.18. The van der Waals surface area contributed by atoms with Crippen molar-refractivity contribution in [2.24, 2.45) is 0 Å². The number of ether oxygens (including phenoxy) is 3. The van der Waals surface area contributed by atoms with Crippen LogP contribution in [0.4, 0.5) is 17.1 Å². The molecule has 3 aromatic carbocycles. The number of benzene rings is 3. The maximum atomic E-state index is 13.9. The largest absolute Gasteiger partial charge is 0.493 e. The summed E-state index contributed by atoms with van der Waals surface area (Å²) in [6.45, 7) is 5.81. The zero-order valence-corrected chi connectivity index (χ0v) is 22.5. The van der Waals surface area contributed by atoms with Gasteiger partial charge >= 0.3 is 0 Å². The number of morpholine rings is 1. The highest BCUT2D eigenvalue weighted by Gasteiger charge is 2.36. The molecule has 3 aliphatic rings. The summed E-state index contributed by atoms with van der Waals surface area (Å²) in [4.78, 5) is 16.3. The van der Waals surface area contributed by atoms with Crippen LogP contribution in [0.25, 0.3) is 0 Å². The smallest absolute Gasteiger partial charge is 0.163 e. The van der Waals surface area contributed by atoms with Crippen LogP contribution in [0.1, 0.15) is 42.9 Å². The number of anilines is 3. The summed E-state index contributed by atoms with van der Waals surface area (Å²) in [5, 5.41) is 7.32. The Kier molecular flexibility index (Phi) is 7.16. The molecular formula is C32H35N3O4. The first-order chi connectivity index (χ1) is 19.1. The Balaban J connectivity index is 1.35. The number of hydrogen-bond donors (Lipinski definition) is 2. The Hall–Kier alpha value is -3.97. The number of hydrogen-bond acceptors (Lipinski definition) is 7. The van der Waals surface area contributed by atoms with E-state index in [1.54, 1.807) is 7.11 Å². The highest BCUT2D eigenvalue weighted by Crippen LogP contribution is 2.45. The molecule has 0 bridgehead atoms. The van der Waals surface area contributed by atoms with E-state index in [-0.39, 0.29) is 17.7 Å². The lowest BCUT2D eigenvalue weighted by molar-refractivity contribution is -0.116. The average Bonchev–Trinajstić information content (AvgIpc) is 3.15. The number of nitrogens with zero attached hydrogens (tertiary/aromatic N) is 1. The summed E-state index contributed by atoms with van der Waals surface area (Å²) < 4.78 is 16.8. The number of fused-ring (bicyclic) bond motifs is 1. The third kappa shape index (κ3) is 5.06. The van der Waals surface area contributed by atoms with Gasteiger partial charge < -0.3 is 29.7 Å². The van der Waals surface area contributed by atoms with Crippen molar-refractivity contribution in [1.29, 1.82) is 0 Å². The van der Waals surface area contributed by atoms with Crippen LogP contribution in [0.5, 0.6) is 11.5 Å². The Morgan fingerprint density at radius 1 is 0.923 bits per heavy atom. The predicted octanol–water partition coefficient (Wildman–Crippen LogP) is 5.91. The summed E-state index contributed by atoms with van der Waals surface area (Å²) in [5.41, 5.74) is 7.10. The number of carbonyl (C=O) groups excluding carboxylic acids is 1. The number of Topliss-reactive ketones (excluding diaryl/α,β-unsaturated/α-hetero) is 1. The SMILES string of the molecule is CCOc1ccc(C2CC(=O)C3=C(C2)Nc2ccccc2NC3c2ccc(N3CCOCC3)cc2)cc1OC. The van der Waals surface area contributed by atoms with Gasteiger partial charge in [0.15, 0.2) is 17.3 Å². The van der Waals surface area contributed by atoms with Crippen LogP contribution in [-0.4, -0.2) is 45.8 Å². The van der Waals surface area contributed by atoms with Crippen molar-refractivity contribution in [3.63, 3.8) is 0 Å². The molecule has 2 heterocycles. The number of ketones is 1. The zero-order chi connectivity index (χ0) is 26.8. The molecule has 3 aromatic rings. The monoisotopic (exact) mass is 525 g/mol. The van der Waals surface area contributed by atoms with Crippen LogP contribution in [0.2, 0.25) is 0 Å². The van der Waals surface area contributed by atoms with E-state index in [9.17, 15) is 4.79 Å². The van der Waals surface area contributed by atoms with E-state index in [4.69, 9.17) is 14.2 Å². The van der Waals surface area contributed by atoms with E-state index < -0.39 is 0 Å². The quantitative estimate of drug-likeness (QED) is 0.415. The number of para-hydroxylation sites is 2.